The largest absolute Gasteiger partial charge is 0.345 e. The number of amides is 1. The van der Waals surface area contributed by atoms with Gasteiger partial charge in [-0.1, -0.05) is 0 Å². The van der Waals surface area contributed by atoms with Gasteiger partial charge in [-0.15, -0.1) is 36.2 Å². The van der Waals surface area contributed by atoms with Gasteiger partial charge in [0, 0.05) is 6.54 Å². The van der Waals surface area contributed by atoms with Gasteiger partial charge in [0.25, 0.3) is 5.91 Å². The van der Waals surface area contributed by atoms with Gasteiger partial charge in [0.15, 0.2) is 0 Å². The molecule has 1 aliphatic rings. The molecule has 110 valence electrons. The van der Waals surface area contributed by atoms with Crippen LogP contribution in [0.5, 0.6) is 0 Å². The lowest BCUT2D eigenvalue weighted by atomic mass is 9.96. The zero-order chi connectivity index (χ0) is 12.6. The number of halogens is 2. The molecule has 0 spiro atoms. The zero-order valence-electron chi connectivity index (χ0n) is 11.4. The van der Waals surface area contributed by atoms with E-state index >= 15 is 0 Å². The number of carbonyl (C=O) groups is 1. The van der Waals surface area contributed by atoms with Gasteiger partial charge in [-0.2, -0.15) is 0 Å². The van der Waals surface area contributed by atoms with Crippen molar-refractivity contribution in [2.75, 3.05) is 6.54 Å². The van der Waals surface area contributed by atoms with Crippen LogP contribution >= 0.6 is 36.2 Å². The maximum Gasteiger partial charge on any atom is 0.263 e. The Morgan fingerprint density at radius 2 is 2.05 bits per heavy atom. The van der Waals surface area contributed by atoms with Gasteiger partial charge in [-0.3, -0.25) is 4.79 Å². The Morgan fingerprint density at radius 1 is 1.47 bits per heavy atom. The molecule has 0 radical (unpaired) electrons. The predicted octanol–water partition coefficient (Wildman–Crippen LogP) is 2.46. The van der Waals surface area contributed by atoms with Gasteiger partial charge in [0.2, 0.25) is 0 Å². The molecule has 1 aliphatic carbocycles. The fraction of sp³-hybridized carbons (Fsp3) is 0.667. The van der Waals surface area contributed by atoms with E-state index in [1.54, 1.807) is 0 Å². The third-order valence-electron chi connectivity index (χ3n) is 3.41. The number of rotatable bonds is 4. The number of thiazole rings is 1. The van der Waals surface area contributed by atoms with Crippen LogP contribution < -0.4 is 11.1 Å². The molecule has 1 heterocycles. The minimum atomic E-state index is -0.262. The Balaban J connectivity index is 0.00000162. The maximum atomic E-state index is 12.2. The maximum absolute atomic E-state index is 12.2. The molecule has 3 N–H and O–H groups in total. The van der Waals surface area contributed by atoms with Gasteiger partial charge in [0.05, 0.1) is 16.2 Å². The van der Waals surface area contributed by atoms with Crippen molar-refractivity contribution >= 4 is 42.1 Å². The van der Waals surface area contributed by atoms with Crippen LogP contribution in [-0.4, -0.2) is 23.0 Å². The van der Waals surface area contributed by atoms with Crippen LogP contribution in [0, 0.1) is 19.8 Å². The fourth-order valence-corrected chi connectivity index (χ4v) is 2.91. The molecule has 1 unspecified atom stereocenters. The summed E-state index contributed by atoms with van der Waals surface area (Å²) in [6, 6.07) is 0. The Bertz CT molecular complexity index is 448. The van der Waals surface area contributed by atoms with Gasteiger partial charge >= 0.3 is 0 Å². The first kappa shape index (κ1) is 18.6. The van der Waals surface area contributed by atoms with E-state index in [1.165, 1.54) is 11.3 Å². The molecule has 1 aromatic rings. The average molecular weight is 326 g/mol. The Hall–Kier alpha value is -0.360. The molecule has 1 amide bonds. The van der Waals surface area contributed by atoms with Crippen molar-refractivity contribution in [3.8, 4) is 0 Å². The van der Waals surface area contributed by atoms with E-state index in [2.05, 4.69) is 10.3 Å². The molecular weight excluding hydrogens is 305 g/mol. The molecule has 0 saturated heterocycles. The summed E-state index contributed by atoms with van der Waals surface area (Å²) in [6.07, 6.45) is 2.32. The van der Waals surface area contributed by atoms with Crippen LogP contribution in [-0.2, 0) is 0 Å². The smallest absolute Gasteiger partial charge is 0.263 e. The van der Waals surface area contributed by atoms with Crippen LogP contribution in [0.1, 0.15) is 40.1 Å². The van der Waals surface area contributed by atoms with Crippen LogP contribution in [0.2, 0.25) is 0 Å². The van der Waals surface area contributed by atoms with Gasteiger partial charge in [-0.25, -0.2) is 4.98 Å². The Labute approximate surface area is 130 Å². The normalized spacial score (nSPS) is 16.8. The van der Waals surface area contributed by atoms with E-state index in [0.29, 0.717) is 17.3 Å². The summed E-state index contributed by atoms with van der Waals surface area (Å²) >= 11 is 1.44. The lowest BCUT2D eigenvalue weighted by Gasteiger charge is -2.29. The first-order valence-corrected chi connectivity index (χ1v) is 6.74. The zero-order valence-corrected chi connectivity index (χ0v) is 13.8. The van der Waals surface area contributed by atoms with E-state index in [1.807, 2.05) is 20.8 Å². The molecule has 1 saturated carbocycles. The fourth-order valence-electron chi connectivity index (χ4n) is 2.10. The number of aryl methyl sites for hydroxylation is 2. The lowest BCUT2D eigenvalue weighted by Crippen LogP contribution is -2.53. The van der Waals surface area contributed by atoms with E-state index in [9.17, 15) is 4.79 Å². The van der Waals surface area contributed by atoms with Gasteiger partial charge in [0.1, 0.15) is 4.88 Å². The summed E-state index contributed by atoms with van der Waals surface area (Å²) in [5.41, 5.74) is 6.33. The second-order valence-electron chi connectivity index (χ2n) is 5.00. The standard InChI is InChI=1S/C12H19N3OS.2ClH/c1-7-10(17-8(2)14-7)11(16)15-12(3,6-13)9-4-5-9;;/h9H,4-6,13H2,1-3H3,(H,15,16);2*1H. The third-order valence-corrected chi connectivity index (χ3v) is 4.48. The van der Waals surface area contributed by atoms with E-state index in [0.717, 1.165) is 23.5 Å². The first-order chi connectivity index (χ1) is 7.96. The summed E-state index contributed by atoms with van der Waals surface area (Å²) in [6.45, 7) is 6.30. The van der Waals surface area contributed by atoms with E-state index in [-0.39, 0.29) is 36.3 Å². The highest BCUT2D eigenvalue weighted by atomic mass is 35.5. The van der Waals surface area contributed by atoms with E-state index in [4.69, 9.17) is 5.73 Å². The van der Waals surface area contributed by atoms with Crippen molar-refractivity contribution in [2.24, 2.45) is 11.7 Å². The van der Waals surface area contributed by atoms with Gasteiger partial charge < -0.3 is 11.1 Å². The average Bonchev–Trinajstić information content (AvgIpc) is 3.05. The summed E-state index contributed by atoms with van der Waals surface area (Å²) in [4.78, 5) is 17.2. The topological polar surface area (TPSA) is 68.0 Å². The SMILES string of the molecule is Cc1nc(C)c(C(=O)NC(C)(CN)C2CC2)s1.Cl.Cl. The highest BCUT2D eigenvalue weighted by molar-refractivity contribution is 7.13. The molecule has 1 fully saturated rings. The Kier molecular flexibility index (Phi) is 6.75. The van der Waals surface area contributed by atoms with Crippen LogP contribution in [0.3, 0.4) is 0 Å². The van der Waals surface area contributed by atoms with Crippen molar-refractivity contribution in [1.29, 1.82) is 0 Å². The van der Waals surface area contributed by atoms with E-state index < -0.39 is 0 Å². The van der Waals surface area contributed by atoms with Crippen molar-refractivity contribution in [2.45, 2.75) is 39.2 Å². The number of hydrogen-bond donors (Lipinski definition) is 2. The van der Waals surface area contributed by atoms with Crippen LogP contribution in [0.25, 0.3) is 0 Å². The first-order valence-electron chi connectivity index (χ1n) is 5.93. The molecular formula is C12H21Cl2N3OS. The number of nitrogens with zero attached hydrogens (tertiary/aromatic N) is 1. The second kappa shape index (κ2) is 6.88. The molecule has 2 rings (SSSR count). The summed E-state index contributed by atoms with van der Waals surface area (Å²) in [5, 5.41) is 4.01. The number of hydrogen-bond acceptors (Lipinski definition) is 4. The quantitative estimate of drug-likeness (QED) is 0.893. The number of carbonyl (C=O) groups excluding carboxylic acids is 1. The molecule has 4 nitrogen and oxygen atoms in total. The predicted molar refractivity (Wildman–Crippen MR) is 83.7 cm³/mol. The summed E-state index contributed by atoms with van der Waals surface area (Å²) in [7, 11) is 0. The summed E-state index contributed by atoms with van der Waals surface area (Å²) in [5.74, 6) is 0.499. The molecule has 0 bridgehead atoms. The number of aromatic nitrogens is 1. The second-order valence-corrected chi connectivity index (χ2v) is 6.20. The minimum Gasteiger partial charge on any atom is -0.345 e. The third kappa shape index (κ3) is 4.05. The molecule has 1 atom stereocenters. The van der Waals surface area contributed by atoms with Crippen molar-refractivity contribution in [1.82, 2.24) is 10.3 Å². The molecule has 1 aromatic heterocycles. The van der Waals surface area contributed by atoms with Crippen molar-refractivity contribution in [3.63, 3.8) is 0 Å². The molecule has 0 aromatic carbocycles. The van der Waals surface area contributed by atoms with Crippen LogP contribution in [0.15, 0.2) is 0 Å². The Morgan fingerprint density at radius 3 is 2.42 bits per heavy atom. The summed E-state index contributed by atoms with van der Waals surface area (Å²) < 4.78 is 0. The van der Waals surface area contributed by atoms with Gasteiger partial charge in [-0.05, 0) is 39.5 Å². The highest BCUT2D eigenvalue weighted by Crippen LogP contribution is 2.39. The van der Waals surface area contributed by atoms with Crippen molar-refractivity contribution in [3.05, 3.63) is 15.6 Å². The van der Waals surface area contributed by atoms with Crippen molar-refractivity contribution < 1.29 is 4.79 Å². The minimum absolute atomic E-state index is 0. The molecule has 7 heteroatoms. The molecule has 19 heavy (non-hydrogen) atoms. The highest BCUT2D eigenvalue weighted by Gasteiger charge is 2.41. The van der Waals surface area contributed by atoms with Crippen LogP contribution in [0.4, 0.5) is 0 Å². The lowest BCUT2D eigenvalue weighted by molar-refractivity contribution is 0.0901. The molecule has 0 aliphatic heterocycles. The monoisotopic (exact) mass is 325 g/mol. The number of nitrogens with two attached hydrogens (primary N) is 1. The number of nitrogens with one attached hydrogen (secondary N) is 1.